The van der Waals surface area contributed by atoms with Crippen molar-refractivity contribution in [2.75, 3.05) is 26.8 Å². The van der Waals surface area contributed by atoms with E-state index >= 15 is 0 Å². The Kier molecular flexibility index (Phi) is 15.6. The van der Waals surface area contributed by atoms with Gasteiger partial charge in [-0.15, -0.1) is 0 Å². The summed E-state index contributed by atoms with van der Waals surface area (Å²) in [6.45, 7) is 4.18. The van der Waals surface area contributed by atoms with E-state index in [0.29, 0.717) is 32.2 Å². The molecule has 0 aliphatic heterocycles. The maximum Gasteiger partial charge on any atom is 0.407 e. The standard InChI is InChI=1S/C37H49N3O6S/c1-29(2)27-40(47(44,45)26-16-14-19-30-17-7-4-8-18-30)33(28-41)24-13-15-25-38-36(42)35(39-37(43)46-3)34(31-20-9-5-10-21-31)32-22-11-6-12-23-32/h4-12,16-18,20-23,26,29,33-35,41H,13-15,19,24-25,27-28H2,1-3H3,(H,38,42)(H,39,43)/b26-16+/t33-,35-/m0/s1. The molecule has 3 N–H and O–H groups in total. The Balaban J connectivity index is 1.63. The van der Waals surface area contributed by atoms with Crippen LogP contribution in [0.4, 0.5) is 4.79 Å². The summed E-state index contributed by atoms with van der Waals surface area (Å²) in [4.78, 5) is 25.9. The van der Waals surface area contributed by atoms with E-state index in [1.54, 1.807) is 6.08 Å². The molecule has 0 saturated carbocycles. The monoisotopic (exact) mass is 663 g/mol. The van der Waals surface area contributed by atoms with Gasteiger partial charge in [-0.25, -0.2) is 13.2 Å². The van der Waals surface area contributed by atoms with Crippen LogP contribution in [0.5, 0.6) is 0 Å². The van der Waals surface area contributed by atoms with Crippen molar-refractivity contribution in [3.05, 3.63) is 119 Å². The number of rotatable bonds is 19. The molecule has 3 aromatic carbocycles. The van der Waals surface area contributed by atoms with Crippen LogP contribution in [0.15, 0.2) is 102 Å². The fraction of sp³-hybridized carbons (Fsp3) is 0.405. The summed E-state index contributed by atoms with van der Waals surface area (Å²) in [5.41, 5.74) is 2.86. The van der Waals surface area contributed by atoms with E-state index in [0.717, 1.165) is 23.1 Å². The first-order chi connectivity index (χ1) is 22.7. The van der Waals surface area contributed by atoms with Gasteiger partial charge in [0.25, 0.3) is 0 Å². The molecule has 0 aromatic heterocycles. The van der Waals surface area contributed by atoms with Gasteiger partial charge in [-0.05, 0) is 48.3 Å². The summed E-state index contributed by atoms with van der Waals surface area (Å²) in [5.74, 6) is -0.764. The topological polar surface area (TPSA) is 125 Å². The summed E-state index contributed by atoms with van der Waals surface area (Å²) in [5, 5.41) is 17.2. The number of amides is 2. The first kappa shape index (κ1) is 37.5. The highest BCUT2D eigenvalue weighted by molar-refractivity contribution is 7.92. The van der Waals surface area contributed by atoms with Crippen molar-refractivity contribution in [3.8, 4) is 0 Å². The number of hydrogen-bond acceptors (Lipinski definition) is 6. The lowest BCUT2D eigenvalue weighted by Crippen LogP contribution is -2.50. The molecule has 0 unspecified atom stereocenters. The van der Waals surface area contributed by atoms with Crippen LogP contribution in [-0.2, 0) is 26.0 Å². The quantitative estimate of drug-likeness (QED) is 0.143. The van der Waals surface area contributed by atoms with Gasteiger partial charge in [0.15, 0.2) is 0 Å². The van der Waals surface area contributed by atoms with Gasteiger partial charge < -0.3 is 20.5 Å². The number of carbonyl (C=O) groups is 2. The lowest BCUT2D eigenvalue weighted by atomic mass is 9.84. The second-order valence-corrected chi connectivity index (χ2v) is 13.7. The van der Waals surface area contributed by atoms with Crippen LogP contribution < -0.4 is 10.6 Å². The molecule has 3 rings (SSSR count). The van der Waals surface area contributed by atoms with Crippen molar-refractivity contribution in [1.82, 2.24) is 14.9 Å². The van der Waals surface area contributed by atoms with Crippen LogP contribution in [0.25, 0.3) is 0 Å². The number of aliphatic hydroxyl groups is 1. The Labute approximate surface area is 280 Å². The molecule has 0 aliphatic carbocycles. The van der Waals surface area contributed by atoms with Crippen molar-refractivity contribution < 1.29 is 27.9 Å². The van der Waals surface area contributed by atoms with E-state index in [2.05, 4.69) is 10.6 Å². The van der Waals surface area contributed by atoms with Gasteiger partial charge in [0.2, 0.25) is 15.9 Å². The smallest absolute Gasteiger partial charge is 0.407 e. The Bertz CT molecular complexity index is 1440. The van der Waals surface area contributed by atoms with Gasteiger partial charge in [-0.2, -0.15) is 4.31 Å². The summed E-state index contributed by atoms with van der Waals surface area (Å²) in [6.07, 6.45) is 3.84. The van der Waals surface area contributed by atoms with E-state index < -0.39 is 34.1 Å². The molecule has 2 atom stereocenters. The third kappa shape index (κ3) is 12.3. The number of unbranched alkanes of at least 4 members (excludes halogenated alkanes) is 1. The Hall–Kier alpha value is -3.99. The highest BCUT2D eigenvalue weighted by Crippen LogP contribution is 2.28. The van der Waals surface area contributed by atoms with Crippen LogP contribution in [0.1, 0.15) is 62.1 Å². The maximum absolute atomic E-state index is 13.6. The zero-order valence-corrected chi connectivity index (χ0v) is 28.4. The van der Waals surface area contributed by atoms with Crippen LogP contribution in [0.3, 0.4) is 0 Å². The molecule has 0 saturated heterocycles. The van der Waals surface area contributed by atoms with E-state index in [9.17, 15) is 23.1 Å². The van der Waals surface area contributed by atoms with Gasteiger partial charge in [0.1, 0.15) is 6.04 Å². The molecule has 2 amide bonds. The number of allylic oxidation sites excluding steroid dienone is 1. The Morgan fingerprint density at radius 2 is 1.47 bits per heavy atom. The van der Waals surface area contributed by atoms with Crippen molar-refractivity contribution in [2.45, 2.75) is 64.0 Å². The molecule has 254 valence electrons. The second-order valence-electron chi connectivity index (χ2n) is 11.9. The molecule has 47 heavy (non-hydrogen) atoms. The number of alkyl carbamates (subject to hydrolysis) is 1. The number of nitrogens with one attached hydrogen (secondary N) is 2. The minimum absolute atomic E-state index is 0.0669. The summed E-state index contributed by atoms with van der Waals surface area (Å²) < 4.78 is 33.0. The van der Waals surface area contributed by atoms with E-state index in [1.807, 2.05) is 105 Å². The van der Waals surface area contributed by atoms with Gasteiger partial charge >= 0.3 is 6.09 Å². The number of hydrogen-bond donors (Lipinski definition) is 3. The number of ether oxygens (including phenoxy) is 1. The highest BCUT2D eigenvalue weighted by Gasteiger charge is 2.33. The fourth-order valence-electron chi connectivity index (χ4n) is 5.52. The molecule has 0 heterocycles. The molecule has 10 heteroatoms. The zero-order valence-electron chi connectivity index (χ0n) is 27.6. The van der Waals surface area contributed by atoms with Crippen LogP contribution in [0, 0.1) is 5.92 Å². The molecule has 0 aliphatic rings. The summed E-state index contributed by atoms with van der Waals surface area (Å²) in [6, 6.07) is 27.4. The highest BCUT2D eigenvalue weighted by atomic mass is 32.2. The third-order valence-electron chi connectivity index (χ3n) is 7.86. The van der Waals surface area contributed by atoms with Crippen LogP contribution >= 0.6 is 0 Å². The number of aliphatic hydroxyl groups excluding tert-OH is 1. The summed E-state index contributed by atoms with van der Waals surface area (Å²) in [7, 11) is -2.50. The molecular formula is C37H49N3O6S. The van der Waals surface area contributed by atoms with Gasteiger partial charge in [0.05, 0.1) is 13.7 Å². The SMILES string of the molecule is COC(=O)N[C@H](C(=O)NCCCC[C@@H](CO)N(CC(C)C)S(=O)(=O)/C=C/CCc1ccccc1)C(c1ccccc1)c1ccccc1. The molecule has 0 radical (unpaired) electrons. The lowest BCUT2D eigenvalue weighted by molar-refractivity contribution is -0.123. The van der Waals surface area contributed by atoms with E-state index in [4.69, 9.17) is 4.74 Å². The average molecular weight is 664 g/mol. The summed E-state index contributed by atoms with van der Waals surface area (Å²) >= 11 is 0. The van der Waals surface area contributed by atoms with E-state index in [-0.39, 0.29) is 25.0 Å². The number of benzene rings is 3. The van der Waals surface area contributed by atoms with Crippen molar-refractivity contribution in [2.24, 2.45) is 5.92 Å². The largest absolute Gasteiger partial charge is 0.453 e. The van der Waals surface area contributed by atoms with Crippen LogP contribution in [0.2, 0.25) is 0 Å². The molecule has 0 spiro atoms. The molecule has 0 fully saturated rings. The number of aryl methyl sites for hydroxylation is 1. The van der Waals surface area contributed by atoms with Crippen molar-refractivity contribution in [1.29, 1.82) is 0 Å². The Morgan fingerprint density at radius 1 is 0.894 bits per heavy atom. The first-order valence-electron chi connectivity index (χ1n) is 16.2. The molecule has 9 nitrogen and oxygen atoms in total. The van der Waals surface area contributed by atoms with Gasteiger partial charge in [0, 0.05) is 30.5 Å². The molecule has 0 bridgehead atoms. The third-order valence-corrected chi connectivity index (χ3v) is 9.49. The normalized spacial score (nSPS) is 13.2. The predicted octanol–water partition coefficient (Wildman–Crippen LogP) is 5.62. The Morgan fingerprint density at radius 3 is 2.00 bits per heavy atom. The second kappa shape index (κ2) is 19.6. The van der Waals surface area contributed by atoms with Crippen LogP contribution in [-0.4, -0.2) is 68.7 Å². The average Bonchev–Trinajstić information content (AvgIpc) is 3.08. The van der Waals surface area contributed by atoms with E-state index in [1.165, 1.54) is 16.8 Å². The first-order valence-corrected chi connectivity index (χ1v) is 17.7. The minimum Gasteiger partial charge on any atom is -0.453 e. The molecular weight excluding hydrogens is 614 g/mol. The maximum atomic E-state index is 13.6. The number of nitrogens with zero attached hydrogens (tertiary/aromatic N) is 1. The number of carbonyl (C=O) groups excluding carboxylic acids is 2. The van der Waals surface area contributed by atoms with Gasteiger partial charge in [-0.1, -0.05) is 117 Å². The molecule has 3 aromatic rings. The van der Waals surface area contributed by atoms with Gasteiger partial charge in [-0.3, -0.25) is 4.79 Å². The minimum atomic E-state index is -3.76. The number of methoxy groups -OCH3 is 1. The fourth-order valence-corrected chi connectivity index (χ4v) is 7.15. The zero-order chi connectivity index (χ0) is 34.1. The number of sulfonamides is 1. The predicted molar refractivity (Wildman–Crippen MR) is 186 cm³/mol. The lowest BCUT2D eigenvalue weighted by Gasteiger charge is -2.30. The van der Waals surface area contributed by atoms with Crippen molar-refractivity contribution in [3.63, 3.8) is 0 Å². The van der Waals surface area contributed by atoms with Crippen molar-refractivity contribution >= 4 is 22.0 Å².